The molecule has 0 aliphatic carbocycles. The van der Waals surface area contributed by atoms with Gasteiger partial charge in [0.25, 0.3) is 0 Å². The van der Waals surface area contributed by atoms with Crippen LogP contribution in [0.3, 0.4) is 0 Å². The lowest BCUT2D eigenvalue weighted by molar-refractivity contribution is -0.137. The molecule has 3 aromatic rings. The van der Waals surface area contributed by atoms with Gasteiger partial charge >= 0.3 is 5.97 Å². The SMILES string of the molecule is O=C(O)CCC[C@H](O)[C@H](O)/C=C/c1c([C@@H](O)COc2ccc(F)cc2)sc2ccccc12. The van der Waals surface area contributed by atoms with Crippen molar-refractivity contribution in [2.75, 3.05) is 6.61 Å². The summed E-state index contributed by atoms with van der Waals surface area (Å²) in [4.78, 5) is 11.2. The highest BCUT2D eigenvalue weighted by atomic mass is 32.1. The van der Waals surface area contributed by atoms with Crippen LogP contribution in [0.2, 0.25) is 0 Å². The van der Waals surface area contributed by atoms with Crippen LogP contribution in [-0.4, -0.2) is 45.2 Å². The number of fused-ring (bicyclic) bond motifs is 1. The Morgan fingerprint density at radius 3 is 2.53 bits per heavy atom. The van der Waals surface area contributed by atoms with Gasteiger partial charge in [-0.1, -0.05) is 30.4 Å². The molecule has 3 rings (SSSR count). The van der Waals surface area contributed by atoms with Crippen molar-refractivity contribution in [2.24, 2.45) is 0 Å². The first-order valence-electron chi connectivity index (χ1n) is 10.2. The number of carboxylic acids is 1. The predicted molar refractivity (Wildman–Crippen MR) is 121 cm³/mol. The highest BCUT2D eigenvalue weighted by Crippen LogP contribution is 2.36. The van der Waals surface area contributed by atoms with E-state index in [1.54, 1.807) is 6.08 Å². The van der Waals surface area contributed by atoms with E-state index in [4.69, 9.17) is 9.84 Å². The van der Waals surface area contributed by atoms with Gasteiger partial charge in [0.05, 0.1) is 12.2 Å². The van der Waals surface area contributed by atoms with Crippen molar-refractivity contribution in [1.82, 2.24) is 0 Å². The molecule has 170 valence electrons. The average Bonchev–Trinajstić information content (AvgIpc) is 3.15. The van der Waals surface area contributed by atoms with Crippen molar-refractivity contribution in [2.45, 2.75) is 37.6 Å². The fraction of sp³-hybridized carbons (Fsp3) is 0.292. The molecular formula is C24H25FO6S. The Bertz CT molecular complexity index is 1060. The van der Waals surface area contributed by atoms with Crippen LogP contribution < -0.4 is 4.74 Å². The van der Waals surface area contributed by atoms with Gasteiger partial charge in [-0.25, -0.2) is 4.39 Å². The highest BCUT2D eigenvalue weighted by Gasteiger charge is 2.19. The summed E-state index contributed by atoms with van der Waals surface area (Å²) < 4.78 is 19.6. The predicted octanol–water partition coefficient (Wildman–Crippen LogP) is 4.14. The Morgan fingerprint density at radius 2 is 1.81 bits per heavy atom. The summed E-state index contributed by atoms with van der Waals surface area (Å²) in [6.45, 7) is -0.0420. The molecule has 0 saturated heterocycles. The van der Waals surface area contributed by atoms with Gasteiger partial charge < -0.3 is 25.2 Å². The van der Waals surface area contributed by atoms with Crippen LogP contribution in [-0.2, 0) is 4.79 Å². The minimum Gasteiger partial charge on any atom is -0.490 e. The van der Waals surface area contributed by atoms with E-state index < -0.39 is 24.3 Å². The van der Waals surface area contributed by atoms with Crippen molar-refractivity contribution in [3.8, 4) is 5.75 Å². The van der Waals surface area contributed by atoms with Gasteiger partial charge in [-0.05, 0) is 48.7 Å². The summed E-state index contributed by atoms with van der Waals surface area (Å²) >= 11 is 1.40. The lowest BCUT2D eigenvalue weighted by atomic mass is 10.0. The second kappa shape index (κ2) is 11.2. The zero-order chi connectivity index (χ0) is 23.1. The molecule has 0 unspecified atom stereocenters. The molecule has 0 fully saturated rings. The molecule has 0 bridgehead atoms. The topological polar surface area (TPSA) is 107 Å². The number of benzene rings is 2. The fourth-order valence-electron chi connectivity index (χ4n) is 3.24. The van der Waals surface area contributed by atoms with Crippen molar-refractivity contribution in [3.63, 3.8) is 0 Å². The average molecular weight is 461 g/mol. The molecule has 32 heavy (non-hydrogen) atoms. The Balaban J connectivity index is 1.75. The molecule has 0 amide bonds. The zero-order valence-corrected chi connectivity index (χ0v) is 18.0. The fourth-order valence-corrected chi connectivity index (χ4v) is 4.41. The monoisotopic (exact) mass is 460 g/mol. The van der Waals surface area contributed by atoms with Gasteiger partial charge in [-0.15, -0.1) is 11.3 Å². The Kier molecular flexibility index (Phi) is 8.35. The normalized spacial score (nSPS) is 14.5. The van der Waals surface area contributed by atoms with Gasteiger partial charge in [0.15, 0.2) is 0 Å². The molecule has 1 heterocycles. The van der Waals surface area contributed by atoms with Gasteiger partial charge in [-0.3, -0.25) is 4.79 Å². The number of aliphatic hydroxyl groups is 3. The van der Waals surface area contributed by atoms with E-state index >= 15 is 0 Å². The first kappa shape index (κ1) is 23.9. The second-order valence-corrected chi connectivity index (χ2v) is 8.44. The van der Waals surface area contributed by atoms with E-state index in [1.807, 2.05) is 24.3 Å². The second-order valence-electron chi connectivity index (χ2n) is 7.36. The number of hydrogen-bond donors (Lipinski definition) is 4. The molecular weight excluding hydrogens is 435 g/mol. The summed E-state index contributed by atoms with van der Waals surface area (Å²) in [6.07, 6.45) is 0.199. The molecule has 0 saturated carbocycles. The first-order valence-corrected chi connectivity index (χ1v) is 11.0. The standard InChI is InChI=1S/C24H25FO6S/c25-15-8-10-16(11-9-15)31-14-21(28)24-18(17-4-1-2-6-22(17)32-24)12-13-20(27)19(26)5-3-7-23(29)30/h1-2,4,6,8-13,19-21,26-28H,3,5,7,14H2,(H,29,30)/b13-12+/t19-,20+,21-/m0/s1. The lowest BCUT2D eigenvalue weighted by Crippen LogP contribution is -2.23. The first-order chi connectivity index (χ1) is 15.3. The molecule has 6 nitrogen and oxygen atoms in total. The summed E-state index contributed by atoms with van der Waals surface area (Å²) in [5, 5.41) is 40.7. The van der Waals surface area contributed by atoms with E-state index in [2.05, 4.69) is 0 Å². The van der Waals surface area contributed by atoms with Crippen LogP contribution in [0.5, 0.6) is 5.75 Å². The molecule has 2 aromatic carbocycles. The van der Waals surface area contributed by atoms with E-state index in [-0.39, 0.29) is 31.7 Å². The molecule has 3 atom stereocenters. The lowest BCUT2D eigenvalue weighted by Gasteiger charge is -2.15. The van der Waals surface area contributed by atoms with Crippen molar-refractivity contribution in [3.05, 3.63) is 70.9 Å². The van der Waals surface area contributed by atoms with E-state index in [0.717, 1.165) is 10.1 Å². The maximum Gasteiger partial charge on any atom is 0.303 e. The maximum absolute atomic E-state index is 13.1. The molecule has 0 spiro atoms. The molecule has 0 aliphatic rings. The van der Waals surface area contributed by atoms with Crippen LogP contribution >= 0.6 is 11.3 Å². The quantitative estimate of drug-likeness (QED) is 0.343. The number of halogens is 1. The number of aliphatic hydroxyl groups excluding tert-OH is 3. The molecule has 0 radical (unpaired) electrons. The number of carbonyl (C=O) groups is 1. The minimum atomic E-state index is -1.18. The largest absolute Gasteiger partial charge is 0.490 e. The van der Waals surface area contributed by atoms with Crippen LogP contribution in [0.15, 0.2) is 54.6 Å². The Labute approximate surface area is 188 Å². The number of hydrogen-bond acceptors (Lipinski definition) is 6. The maximum atomic E-state index is 13.1. The number of carboxylic acid groups (broad SMARTS) is 1. The van der Waals surface area contributed by atoms with E-state index in [0.29, 0.717) is 16.2 Å². The smallest absolute Gasteiger partial charge is 0.303 e. The highest BCUT2D eigenvalue weighted by molar-refractivity contribution is 7.19. The number of thiophene rings is 1. The number of rotatable bonds is 11. The van der Waals surface area contributed by atoms with Crippen LogP contribution in [0.4, 0.5) is 4.39 Å². The Morgan fingerprint density at radius 1 is 1.09 bits per heavy atom. The van der Waals surface area contributed by atoms with E-state index in [9.17, 15) is 24.5 Å². The third kappa shape index (κ3) is 6.37. The third-order valence-corrected chi connectivity index (χ3v) is 6.22. The summed E-state index contributed by atoms with van der Waals surface area (Å²) in [5.41, 5.74) is 0.706. The van der Waals surface area contributed by atoms with Gasteiger partial charge in [-0.2, -0.15) is 0 Å². The van der Waals surface area contributed by atoms with Crippen LogP contribution in [0.25, 0.3) is 16.2 Å². The van der Waals surface area contributed by atoms with Gasteiger partial charge in [0.1, 0.15) is 24.3 Å². The summed E-state index contributed by atoms with van der Waals surface area (Å²) in [7, 11) is 0. The summed E-state index contributed by atoms with van der Waals surface area (Å²) in [6, 6.07) is 13.1. The molecule has 1 aromatic heterocycles. The molecule has 4 N–H and O–H groups in total. The van der Waals surface area contributed by atoms with Gasteiger partial charge in [0, 0.05) is 21.4 Å². The van der Waals surface area contributed by atoms with Crippen molar-refractivity contribution < 1.29 is 34.3 Å². The summed E-state index contributed by atoms with van der Waals surface area (Å²) in [5.74, 6) is -0.893. The van der Waals surface area contributed by atoms with Crippen LogP contribution in [0.1, 0.15) is 35.8 Å². The van der Waals surface area contributed by atoms with Gasteiger partial charge in [0.2, 0.25) is 0 Å². The molecule has 0 aliphatic heterocycles. The van der Waals surface area contributed by atoms with E-state index in [1.165, 1.54) is 41.7 Å². The third-order valence-electron chi connectivity index (χ3n) is 4.93. The van der Waals surface area contributed by atoms with Crippen molar-refractivity contribution in [1.29, 1.82) is 0 Å². The number of ether oxygens (including phenoxy) is 1. The Hall–Kier alpha value is -2.78. The zero-order valence-electron chi connectivity index (χ0n) is 17.2. The van der Waals surface area contributed by atoms with Crippen molar-refractivity contribution >= 4 is 33.5 Å². The molecule has 8 heteroatoms. The minimum absolute atomic E-state index is 0.0420. The van der Waals surface area contributed by atoms with Crippen LogP contribution in [0, 0.1) is 5.82 Å². The number of aliphatic carboxylic acids is 1.